The van der Waals surface area contributed by atoms with Gasteiger partial charge in [0.1, 0.15) is 23.9 Å². The lowest BCUT2D eigenvalue weighted by atomic mass is 10.1. The predicted octanol–water partition coefficient (Wildman–Crippen LogP) is 5.28. The van der Waals surface area contributed by atoms with Crippen molar-refractivity contribution in [2.24, 2.45) is 4.36 Å². The highest BCUT2D eigenvalue weighted by atomic mass is 35.5. The van der Waals surface area contributed by atoms with Crippen LogP contribution in [0.4, 0.5) is 30.4 Å². The number of carbonyl (C=O) groups is 1. The number of carbonyl (C=O) groups excluding carboxylic acids is 1. The van der Waals surface area contributed by atoms with Gasteiger partial charge in [-0.25, -0.2) is 14.2 Å². The minimum Gasteiger partial charge on any atom is -0.482 e. The summed E-state index contributed by atoms with van der Waals surface area (Å²) in [6.07, 6.45) is -2.30. The van der Waals surface area contributed by atoms with Crippen molar-refractivity contribution >= 4 is 55.3 Å². The predicted molar refractivity (Wildman–Crippen MR) is 133 cm³/mol. The van der Waals surface area contributed by atoms with Crippen LogP contribution in [0.25, 0.3) is 10.9 Å². The van der Waals surface area contributed by atoms with Gasteiger partial charge in [0.2, 0.25) is 0 Å². The van der Waals surface area contributed by atoms with E-state index in [1.54, 1.807) is 18.2 Å². The van der Waals surface area contributed by atoms with Gasteiger partial charge in [0.05, 0.1) is 26.6 Å². The maximum atomic E-state index is 12.7. The number of nitrogens with one attached hydrogen (secondary N) is 2. The first-order valence-electron chi connectivity index (χ1n) is 11.0. The van der Waals surface area contributed by atoms with Gasteiger partial charge < -0.3 is 15.4 Å². The summed E-state index contributed by atoms with van der Waals surface area (Å²) < 4.78 is 60.5. The van der Waals surface area contributed by atoms with Crippen molar-refractivity contribution in [1.82, 2.24) is 15.3 Å². The number of fused-ring (bicyclic) bond motifs is 1. The van der Waals surface area contributed by atoms with Gasteiger partial charge in [-0.1, -0.05) is 11.6 Å². The standard InChI is InChI=1S/C23H23ClF3N5O3S/c1-13-8-16(32-36(34)6-3-7-36)10-18-21(13)22(29-12-28-18)31-17-5-4-15(24)9-19(17)35-11-20(33)30-14(2)23(25,26)27/h4-5,8-10,12,14H,3,6-7,11H2,1-2H3,(H,30,33)(H,28,29,31). The largest absolute Gasteiger partial charge is 0.482 e. The van der Waals surface area contributed by atoms with Gasteiger partial charge in [-0.05, 0) is 50.1 Å². The Kier molecular flexibility index (Phi) is 7.28. The molecule has 1 fully saturated rings. The summed E-state index contributed by atoms with van der Waals surface area (Å²) >= 11 is 6.07. The first-order chi connectivity index (χ1) is 16.9. The van der Waals surface area contributed by atoms with E-state index in [0.29, 0.717) is 44.6 Å². The summed E-state index contributed by atoms with van der Waals surface area (Å²) in [5, 5.41) is 5.97. The van der Waals surface area contributed by atoms with E-state index >= 15 is 0 Å². The third-order valence-electron chi connectivity index (χ3n) is 5.54. The number of anilines is 2. The minimum absolute atomic E-state index is 0.148. The number of alkyl halides is 3. The van der Waals surface area contributed by atoms with Crippen LogP contribution < -0.4 is 15.4 Å². The van der Waals surface area contributed by atoms with Crippen molar-refractivity contribution in [2.75, 3.05) is 23.4 Å². The number of benzene rings is 2. The Morgan fingerprint density at radius 1 is 1.25 bits per heavy atom. The Hall–Kier alpha value is -3.12. The van der Waals surface area contributed by atoms with Crippen molar-refractivity contribution in [3.05, 3.63) is 47.2 Å². The van der Waals surface area contributed by atoms with E-state index in [4.69, 9.17) is 16.3 Å². The first kappa shape index (κ1) is 26.0. The second kappa shape index (κ2) is 10.1. The lowest BCUT2D eigenvalue weighted by molar-refractivity contribution is -0.158. The fourth-order valence-corrected chi connectivity index (χ4v) is 5.17. The Labute approximate surface area is 210 Å². The van der Waals surface area contributed by atoms with Gasteiger partial charge in [-0.2, -0.15) is 17.5 Å². The Morgan fingerprint density at radius 2 is 2.00 bits per heavy atom. The number of hydrogen-bond donors (Lipinski definition) is 2. The Bertz CT molecular complexity index is 1430. The van der Waals surface area contributed by atoms with E-state index in [-0.39, 0.29) is 5.75 Å². The lowest BCUT2D eigenvalue weighted by Gasteiger charge is -2.19. The van der Waals surface area contributed by atoms with Gasteiger partial charge >= 0.3 is 6.18 Å². The SMILES string of the molecule is Cc1cc(N=S2(=O)CCC2)cc2ncnc(Nc3ccc(Cl)cc3OCC(=O)NC(C)C(F)(F)F)c12. The number of rotatable bonds is 7. The van der Waals surface area contributed by atoms with E-state index in [1.165, 1.54) is 12.4 Å². The molecule has 1 aromatic heterocycles. The second-order valence-corrected chi connectivity index (χ2v) is 11.4. The molecule has 192 valence electrons. The van der Waals surface area contributed by atoms with Crippen LogP contribution in [-0.4, -0.2) is 50.4 Å². The monoisotopic (exact) mass is 541 g/mol. The zero-order chi connectivity index (χ0) is 26.1. The van der Waals surface area contributed by atoms with Gasteiger partial charge in [0.15, 0.2) is 6.61 Å². The molecular weight excluding hydrogens is 519 g/mol. The molecule has 2 aromatic carbocycles. The van der Waals surface area contributed by atoms with Gasteiger partial charge in [0.25, 0.3) is 5.91 Å². The van der Waals surface area contributed by atoms with Crippen LogP contribution in [0.2, 0.25) is 5.02 Å². The molecule has 2 N–H and O–H groups in total. The highest BCUT2D eigenvalue weighted by Crippen LogP contribution is 2.35. The summed E-state index contributed by atoms with van der Waals surface area (Å²) in [5.41, 5.74) is 2.37. The average molecular weight is 542 g/mol. The quantitative estimate of drug-likeness (QED) is 0.421. The minimum atomic E-state index is -4.56. The van der Waals surface area contributed by atoms with Crippen LogP contribution in [0.5, 0.6) is 5.75 Å². The van der Waals surface area contributed by atoms with Gasteiger partial charge in [0, 0.05) is 28.0 Å². The van der Waals surface area contributed by atoms with Crippen molar-refractivity contribution in [2.45, 2.75) is 32.5 Å². The van der Waals surface area contributed by atoms with E-state index in [1.807, 2.05) is 18.3 Å². The fraction of sp³-hybridized carbons (Fsp3) is 0.348. The average Bonchev–Trinajstić information content (AvgIpc) is 2.77. The molecule has 0 aliphatic carbocycles. The number of ether oxygens (including phenoxy) is 1. The molecule has 36 heavy (non-hydrogen) atoms. The van der Waals surface area contributed by atoms with Crippen LogP contribution in [0.1, 0.15) is 18.9 Å². The van der Waals surface area contributed by atoms with Gasteiger partial charge in [-0.3, -0.25) is 4.79 Å². The molecule has 1 unspecified atom stereocenters. The molecule has 8 nitrogen and oxygen atoms in total. The molecule has 1 aliphatic rings. The third kappa shape index (κ3) is 5.98. The van der Waals surface area contributed by atoms with Crippen LogP contribution in [0.15, 0.2) is 41.0 Å². The Morgan fingerprint density at radius 3 is 2.67 bits per heavy atom. The zero-order valence-corrected chi connectivity index (χ0v) is 20.9. The smallest absolute Gasteiger partial charge is 0.408 e. The van der Waals surface area contributed by atoms with Crippen LogP contribution >= 0.6 is 11.6 Å². The topological polar surface area (TPSA) is 106 Å². The molecule has 0 saturated carbocycles. The normalized spacial score (nSPS) is 15.6. The van der Waals surface area contributed by atoms with E-state index in [9.17, 15) is 22.2 Å². The maximum absolute atomic E-state index is 12.7. The molecule has 0 radical (unpaired) electrons. The molecule has 2 heterocycles. The van der Waals surface area contributed by atoms with E-state index < -0.39 is 34.5 Å². The Balaban J connectivity index is 1.58. The van der Waals surface area contributed by atoms with Gasteiger partial charge in [-0.15, -0.1) is 0 Å². The summed E-state index contributed by atoms with van der Waals surface area (Å²) in [4.78, 5) is 20.6. The van der Waals surface area contributed by atoms with Crippen molar-refractivity contribution in [3.63, 3.8) is 0 Å². The highest BCUT2D eigenvalue weighted by molar-refractivity contribution is 7.95. The number of halogens is 4. The fourth-order valence-electron chi connectivity index (χ4n) is 3.55. The zero-order valence-electron chi connectivity index (χ0n) is 19.4. The maximum Gasteiger partial charge on any atom is 0.408 e. The van der Waals surface area contributed by atoms with Crippen molar-refractivity contribution in [1.29, 1.82) is 0 Å². The molecule has 13 heteroatoms. The number of aryl methyl sites for hydroxylation is 1. The molecule has 1 aliphatic heterocycles. The van der Waals surface area contributed by atoms with Crippen LogP contribution in [0, 0.1) is 6.92 Å². The number of nitrogens with zero attached hydrogens (tertiary/aromatic N) is 3. The summed E-state index contributed by atoms with van der Waals surface area (Å²) in [6, 6.07) is 6.17. The van der Waals surface area contributed by atoms with Crippen LogP contribution in [0.3, 0.4) is 0 Å². The summed E-state index contributed by atoms with van der Waals surface area (Å²) in [5.74, 6) is 0.824. The highest BCUT2D eigenvalue weighted by Gasteiger charge is 2.37. The molecule has 4 rings (SSSR count). The molecule has 0 spiro atoms. The number of aromatic nitrogens is 2. The van der Waals surface area contributed by atoms with E-state index in [0.717, 1.165) is 18.9 Å². The molecular formula is C23H23ClF3N5O3S. The number of amides is 1. The molecule has 1 atom stereocenters. The molecule has 0 bridgehead atoms. The third-order valence-corrected chi connectivity index (χ3v) is 8.17. The van der Waals surface area contributed by atoms with Crippen LogP contribution in [-0.2, 0) is 14.5 Å². The molecule has 3 aromatic rings. The lowest BCUT2D eigenvalue weighted by Crippen LogP contribution is -2.44. The molecule has 1 saturated heterocycles. The van der Waals surface area contributed by atoms with E-state index in [2.05, 4.69) is 19.6 Å². The second-order valence-electron chi connectivity index (χ2n) is 8.39. The number of hydrogen-bond acceptors (Lipinski definition) is 7. The summed E-state index contributed by atoms with van der Waals surface area (Å²) in [7, 11) is -2.18. The first-order valence-corrected chi connectivity index (χ1v) is 13.2. The molecule has 1 amide bonds. The summed E-state index contributed by atoms with van der Waals surface area (Å²) in [6.45, 7) is 2.05. The van der Waals surface area contributed by atoms with Crippen molar-refractivity contribution in [3.8, 4) is 5.75 Å². The van der Waals surface area contributed by atoms with Crippen molar-refractivity contribution < 1.29 is 26.9 Å².